The van der Waals surface area contributed by atoms with E-state index in [1.54, 1.807) is 18.1 Å². The van der Waals surface area contributed by atoms with Gasteiger partial charge in [0, 0.05) is 24.3 Å². The zero-order valence-corrected chi connectivity index (χ0v) is 14.7. The molecule has 0 spiro atoms. The van der Waals surface area contributed by atoms with Gasteiger partial charge in [-0.05, 0) is 25.5 Å². The lowest BCUT2D eigenvalue weighted by molar-refractivity contribution is -0.120. The summed E-state index contributed by atoms with van der Waals surface area (Å²) in [5, 5.41) is 0. The van der Waals surface area contributed by atoms with Crippen LogP contribution in [0.3, 0.4) is 0 Å². The summed E-state index contributed by atoms with van der Waals surface area (Å²) in [4.78, 5) is 14.1. The summed E-state index contributed by atoms with van der Waals surface area (Å²) in [5.41, 5.74) is 0.729. The highest BCUT2D eigenvalue weighted by atomic mass is 32.2. The fourth-order valence-electron chi connectivity index (χ4n) is 2.68. The van der Waals surface area contributed by atoms with E-state index in [4.69, 9.17) is 4.74 Å². The standard InChI is InChI=1S/C16H24N2O4S/c1-4-5-9-23(20,21)18-12-16(19)17(11-13(18)2)14-7-6-8-15(10-14)22-3/h6-8,10,13H,4-5,9,11-12H2,1-3H3. The minimum atomic E-state index is -3.38. The lowest BCUT2D eigenvalue weighted by Crippen LogP contribution is -2.57. The van der Waals surface area contributed by atoms with Crippen LogP contribution in [0.2, 0.25) is 0 Å². The minimum Gasteiger partial charge on any atom is -0.497 e. The first-order valence-corrected chi connectivity index (χ1v) is 9.44. The molecule has 2 rings (SSSR count). The lowest BCUT2D eigenvalue weighted by Gasteiger charge is -2.38. The van der Waals surface area contributed by atoms with E-state index in [0.29, 0.717) is 18.7 Å². The molecule has 0 N–H and O–H groups in total. The van der Waals surface area contributed by atoms with Gasteiger partial charge in [-0.2, -0.15) is 4.31 Å². The Morgan fingerprint density at radius 3 is 2.74 bits per heavy atom. The zero-order chi connectivity index (χ0) is 17.0. The number of benzene rings is 1. The smallest absolute Gasteiger partial charge is 0.242 e. The van der Waals surface area contributed by atoms with Crippen LogP contribution in [0.15, 0.2) is 24.3 Å². The number of ether oxygens (including phenoxy) is 1. The predicted octanol–water partition coefficient (Wildman–Crippen LogP) is 1.86. The van der Waals surface area contributed by atoms with Crippen molar-refractivity contribution in [1.82, 2.24) is 4.31 Å². The molecule has 0 bridgehead atoms. The molecule has 1 saturated heterocycles. The van der Waals surface area contributed by atoms with Crippen molar-refractivity contribution in [3.8, 4) is 5.75 Å². The van der Waals surface area contributed by atoms with Crippen molar-refractivity contribution in [3.05, 3.63) is 24.3 Å². The first kappa shape index (κ1) is 17.7. The molecule has 0 radical (unpaired) electrons. The summed E-state index contributed by atoms with van der Waals surface area (Å²) in [6.45, 7) is 4.02. The van der Waals surface area contributed by atoms with Crippen LogP contribution in [0.1, 0.15) is 26.7 Å². The van der Waals surface area contributed by atoms with Crippen molar-refractivity contribution in [1.29, 1.82) is 0 Å². The Kier molecular flexibility index (Phi) is 5.64. The van der Waals surface area contributed by atoms with Gasteiger partial charge in [0.25, 0.3) is 0 Å². The third kappa shape index (κ3) is 4.03. The van der Waals surface area contributed by atoms with E-state index < -0.39 is 10.0 Å². The summed E-state index contributed by atoms with van der Waals surface area (Å²) >= 11 is 0. The van der Waals surface area contributed by atoms with Crippen molar-refractivity contribution >= 4 is 21.6 Å². The van der Waals surface area contributed by atoms with E-state index in [-0.39, 0.29) is 24.2 Å². The Morgan fingerprint density at radius 1 is 1.35 bits per heavy atom. The third-order valence-corrected chi connectivity index (χ3v) is 6.02. The molecular formula is C16H24N2O4S. The Hall–Kier alpha value is -1.60. The topological polar surface area (TPSA) is 66.9 Å². The maximum Gasteiger partial charge on any atom is 0.242 e. The van der Waals surface area contributed by atoms with Crippen molar-refractivity contribution in [2.45, 2.75) is 32.7 Å². The molecule has 1 unspecified atom stereocenters. The van der Waals surface area contributed by atoms with E-state index in [0.717, 1.165) is 12.1 Å². The third-order valence-electron chi connectivity index (χ3n) is 4.01. The van der Waals surface area contributed by atoms with Crippen molar-refractivity contribution in [2.75, 3.05) is 30.9 Å². The van der Waals surface area contributed by atoms with Crippen LogP contribution >= 0.6 is 0 Å². The van der Waals surface area contributed by atoms with Crippen molar-refractivity contribution in [2.24, 2.45) is 0 Å². The van der Waals surface area contributed by atoms with E-state index in [1.807, 2.05) is 32.0 Å². The van der Waals surface area contributed by atoms with E-state index in [1.165, 1.54) is 4.31 Å². The lowest BCUT2D eigenvalue weighted by atomic mass is 10.2. The van der Waals surface area contributed by atoms with Crippen LogP contribution in [-0.4, -0.2) is 50.6 Å². The number of nitrogens with zero attached hydrogens (tertiary/aromatic N) is 2. The Balaban J connectivity index is 2.17. The normalized spacial score (nSPS) is 19.9. The van der Waals surface area contributed by atoms with Gasteiger partial charge >= 0.3 is 0 Å². The average molecular weight is 340 g/mol. The predicted molar refractivity (Wildman–Crippen MR) is 90.2 cm³/mol. The molecule has 1 aromatic rings. The van der Waals surface area contributed by atoms with Gasteiger partial charge in [0.1, 0.15) is 5.75 Å². The second-order valence-corrected chi connectivity index (χ2v) is 7.81. The Morgan fingerprint density at radius 2 is 2.09 bits per heavy atom. The zero-order valence-electron chi connectivity index (χ0n) is 13.9. The quantitative estimate of drug-likeness (QED) is 0.793. The van der Waals surface area contributed by atoms with E-state index in [9.17, 15) is 13.2 Å². The molecule has 0 saturated carbocycles. The van der Waals surface area contributed by atoms with Crippen LogP contribution in [-0.2, 0) is 14.8 Å². The van der Waals surface area contributed by atoms with Gasteiger partial charge in [-0.3, -0.25) is 4.79 Å². The maximum atomic E-state index is 12.4. The highest BCUT2D eigenvalue weighted by Gasteiger charge is 2.36. The van der Waals surface area contributed by atoms with Crippen LogP contribution in [0.5, 0.6) is 5.75 Å². The highest BCUT2D eigenvalue weighted by Crippen LogP contribution is 2.25. The monoisotopic (exact) mass is 340 g/mol. The SMILES string of the molecule is CCCCS(=O)(=O)N1CC(=O)N(c2cccc(OC)c2)CC1C. The number of carbonyl (C=O) groups excluding carboxylic acids is 1. The number of rotatable bonds is 6. The minimum absolute atomic E-state index is 0.0975. The summed E-state index contributed by atoms with van der Waals surface area (Å²) < 4.78 is 31.3. The van der Waals surface area contributed by atoms with Crippen LogP contribution in [0.4, 0.5) is 5.69 Å². The molecule has 1 atom stereocenters. The van der Waals surface area contributed by atoms with Crippen LogP contribution < -0.4 is 9.64 Å². The Bertz CT molecular complexity index is 660. The van der Waals surface area contributed by atoms with Gasteiger partial charge < -0.3 is 9.64 Å². The van der Waals surface area contributed by atoms with Gasteiger partial charge in [0.2, 0.25) is 15.9 Å². The number of hydrogen-bond acceptors (Lipinski definition) is 4. The first-order chi connectivity index (χ1) is 10.9. The van der Waals surface area contributed by atoms with E-state index >= 15 is 0 Å². The Labute approximate surface area is 138 Å². The number of sulfonamides is 1. The number of amides is 1. The second-order valence-electron chi connectivity index (χ2n) is 5.77. The molecule has 0 aliphatic carbocycles. The molecular weight excluding hydrogens is 316 g/mol. The molecule has 23 heavy (non-hydrogen) atoms. The number of anilines is 1. The summed E-state index contributed by atoms with van der Waals surface area (Å²) in [6, 6.07) is 6.99. The molecule has 1 aromatic carbocycles. The summed E-state index contributed by atoms with van der Waals surface area (Å²) in [6.07, 6.45) is 1.42. The molecule has 6 nitrogen and oxygen atoms in total. The summed E-state index contributed by atoms with van der Waals surface area (Å²) in [5.74, 6) is 0.553. The van der Waals surface area contributed by atoms with Gasteiger partial charge in [-0.15, -0.1) is 0 Å². The summed E-state index contributed by atoms with van der Waals surface area (Å²) in [7, 11) is -1.81. The number of methoxy groups -OCH3 is 1. The molecule has 1 amide bonds. The fraction of sp³-hybridized carbons (Fsp3) is 0.562. The maximum absolute atomic E-state index is 12.4. The highest BCUT2D eigenvalue weighted by molar-refractivity contribution is 7.89. The van der Waals surface area contributed by atoms with Crippen LogP contribution in [0.25, 0.3) is 0 Å². The molecule has 1 aliphatic rings. The second kappa shape index (κ2) is 7.31. The molecule has 7 heteroatoms. The van der Waals surface area contributed by atoms with Crippen LogP contribution in [0, 0.1) is 0 Å². The van der Waals surface area contributed by atoms with Gasteiger partial charge in [-0.1, -0.05) is 19.4 Å². The number of hydrogen-bond donors (Lipinski definition) is 0. The molecule has 1 aliphatic heterocycles. The number of piperazine rings is 1. The van der Waals surface area contributed by atoms with Gasteiger partial charge in [0.15, 0.2) is 0 Å². The number of carbonyl (C=O) groups is 1. The van der Waals surface area contributed by atoms with Crippen molar-refractivity contribution in [3.63, 3.8) is 0 Å². The first-order valence-electron chi connectivity index (χ1n) is 7.83. The van der Waals surface area contributed by atoms with Gasteiger partial charge in [-0.25, -0.2) is 8.42 Å². The molecule has 128 valence electrons. The average Bonchev–Trinajstić information content (AvgIpc) is 2.54. The molecule has 1 heterocycles. The fourth-order valence-corrected chi connectivity index (χ4v) is 4.49. The number of unbranched alkanes of at least 4 members (excludes halogenated alkanes) is 1. The molecule has 1 fully saturated rings. The van der Waals surface area contributed by atoms with Crippen molar-refractivity contribution < 1.29 is 17.9 Å². The largest absolute Gasteiger partial charge is 0.497 e. The molecule has 0 aromatic heterocycles. The van der Waals surface area contributed by atoms with E-state index in [2.05, 4.69) is 0 Å². The van der Waals surface area contributed by atoms with Gasteiger partial charge in [0.05, 0.1) is 19.4 Å².